The monoisotopic (exact) mass is 280 g/mol. The van der Waals surface area contributed by atoms with Gasteiger partial charge in [0.25, 0.3) is 0 Å². The first-order valence-corrected chi connectivity index (χ1v) is 7.73. The Balaban J connectivity index is 1.95. The highest BCUT2D eigenvalue weighted by Gasteiger charge is 2.20. The second-order valence-electron chi connectivity index (χ2n) is 5.32. The fourth-order valence-electron chi connectivity index (χ4n) is 2.51. The van der Waals surface area contributed by atoms with Crippen LogP contribution in [0.15, 0.2) is 30.3 Å². The Labute approximate surface area is 123 Å². The third-order valence-electron chi connectivity index (χ3n) is 3.65. The molecule has 3 rings (SSSR count). The molecule has 0 amide bonds. The Bertz CT molecular complexity index is 677. The molecule has 0 fully saturated rings. The molecule has 0 saturated carbocycles. The van der Waals surface area contributed by atoms with Crippen molar-refractivity contribution in [3.05, 3.63) is 51.5 Å². The van der Waals surface area contributed by atoms with E-state index in [0.29, 0.717) is 5.57 Å². The van der Waals surface area contributed by atoms with Crippen LogP contribution < -0.4 is 0 Å². The van der Waals surface area contributed by atoms with Crippen LogP contribution in [0.3, 0.4) is 0 Å². The molecule has 0 aliphatic heterocycles. The molecule has 1 aliphatic rings. The minimum atomic E-state index is 0.670. The van der Waals surface area contributed by atoms with E-state index in [1.54, 1.807) is 11.3 Å². The second-order valence-corrected chi connectivity index (χ2v) is 6.40. The van der Waals surface area contributed by atoms with Crippen LogP contribution in [0.1, 0.15) is 34.5 Å². The lowest BCUT2D eigenvalue weighted by Crippen LogP contribution is -2.09. The number of aryl methyl sites for hydroxylation is 1. The van der Waals surface area contributed by atoms with Gasteiger partial charge >= 0.3 is 0 Å². The van der Waals surface area contributed by atoms with Gasteiger partial charge in [-0.15, -0.1) is 11.3 Å². The highest BCUT2D eigenvalue weighted by atomic mass is 32.1. The number of benzene rings is 1. The second kappa shape index (κ2) is 5.60. The molecule has 2 nitrogen and oxygen atoms in total. The highest BCUT2D eigenvalue weighted by Crippen LogP contribution is 2.32. The summed E-state index contributed by atoms with van der Waals surface area (Å²) in [6.07, 6.45) is 5.29. The quantitative estimate of drug-likeness (QED) is 0.768. The lowest BCUT2D eigenvalue weighted by Gasteiger charge is -2.15. The molecule has 0 radical (unpaired) electrons. The zero-order valence-corrected chi connectivity index (χ0v) is 12.3. The molecule has 1 aromatic heterocycles. The summed E-state index contributed by atoms with van der Waals surface area (Å²) >= 11 is 1.69. The van der Waals surface area contributed by atoms with Gasteiger partial charge in [0.15, 0.2) is 0 Å². The number of hydrogen-bond acceptors (Lipinski definition) is 3. The van der Waals surface area contributed by atoms with Gasteiger partial charge in [-0.3, -0.25) is 0 Å². The SMILES string of the molecule is CC1CCc2nc(/C(C#N)=C/c3ccccc3)sc2C1. The third-order valence-corrected chi connectivity index (χ3v) is 4.80. The summed E-state index contributed by atoms with van der Waals surface area (Å²) in [6.45, 7) is 2.29. The number of fused-ring (bicyclic) bond motifs is 1. The Morgan fingerprint density at radius 3 is 2.95 bits per heavy atom. The van der Waals surface area contributed by atoms with Gasteiger partial charge in [-0.05, 0) is 36.8 Å². The molecule has 1 aromatic carbocycles. The molecule has 2 aromatic rings. The predicted molar refractivity (Wildman–Crippen MR) is 83.2 cm³/mol. The lowest BCUT2D eigenvalue weighted by molar-refractivity contribution is 0.502. The van der Waals surface area contributed by atoms with Crippen molar-refractivity contribution in [3.63, 3.8) is 0 Å². The Hall–Kier alpha value is -1.92. The normalized spacial score (nSPS) is 18.4. The van der Waals surface area contributed by atoms with Crippen molar-refractivity contribution in [1.29, 1.82) is 5.26 Å². The molecule has 1 unspecified atom stereocenters. The maximum atomic E-state index is 9.40. The zero-order valence-electron chi connectivity index (χ0n) is 11.5. The summed E-state index contributed by atoms with van der Waals surface area (Å²) in [7, 11) is 0. The van der Waals surface area contributed by atoms with E-state index < -0.39 is 0 Å². The van der Waals surface area contributed by atoms with Gasteiger partial charge in [0.2, 0.25) is 0 Å². The van der Waals surface area contributed by atoms with Gasteiger partial charge in [0.1, 0.15) is 11.1 Å². The molecule has 0 saturated heterocycles. The Kier molecular flexibility index (Phi) is 3.66. The van der Waals surface area contributed by atoms with Crippen LogP contribution in [0.25, 0.3) is 11.6 Å². The molecule has 1 heterocycles. The number of thiazole rings is 1. The Morgan fingerprint density at radius 1 is 1.40 bits per heavy atom. The van der Waals surface area contributed by atoms with E-state index in [1.165, 1.54) is 17.0 Å². The number of aromatic nitrogens is 1. The van der Waals surface area contributed by atoms with Crippen molar-refractivity contribution >= 4 is 23.0 Å². The third kappa shape index (κ3) is 2.66. The minimum Gasteiger partial charge on any atom is -0.240 e. The lowest BCUT2D eigenvalue weighted by atomic mass is 9.93. The molecule has 0 spiro atoms. The van der Waals surface area contributed by atoms with E-state index in [-0.39, 0.29) is 0 Å². The van der Waals surface area contributed by atoms with Gasteiger partial charge < -0.3 is 0 Å². The highest BCUT2D eigenvalue weighted by molar-refractivity contribution is 7.13. The molecular weight excluding hydrogens is 264 g/mol. The average Bonchev–Trinajstić information content (AvgIpc) is 2.88. The van der Waals surface area contributed by atoms with Crippen molar-refractivity contribution in [2.45, 2.75) is 26.2 Å². The summed E-state index contributed by atoms with van der Waals surface area (Å²) in [5, 5.41) is 10.3. The average molecular weight is 280 g/mol. The fraction of sp³-hybridized carbons (Fsp3) is 0.294. The number of rotatable bonds is 2. The van der Waals surface area contributed by atoms with Crippen molar-refractivity contribution in [1.82, 2.24) is 4.98 Å². The van der Waals surface area contributed by atoms with Gasteiger partial charge in [-0.25, -0.2) is 4.98 Å². The van der Waals surface area contributed by atoms with Gasteiger partial charge in [-0.2, -0.15) is 5.26 Å². The van der Waals surface area contributed by atoms with E-state index in [1.807, 2.05) is 36.4 Å². The summed E-state index contributed by atoms with van der Waals surface area (Å²) < 4.78 is 0. The minimum absolute atomic E-state index is 0.670. The topological polar surface area (TPSA) is 36.7 Å². The summed E-state index contributed by atoms with van der Waals surface area (Å²) in [6, 6.07) is 12.3. The molecule has 100 valence electrons. The number of nitriles is 1. The van der Waals surface area contributed by atoms with Crippen LogP contribution >= 0.6 is 11.3 Å². The standard InChI is InChI=1S/C17H16N2S/c1-12-7-8-15-16(9-12)20-17(19-15)14(11-18)10-13-5-3-2-4-6-13/h2-6,10,12H,7-9H2,1H3/b14-10+. The summed E-state index contributed by atoms with van der Waals surface area (Å²) in [5.41, 5.74) is 2.92. The van der Waals surface area contributed by atoms with Crippen molar-refractivity contribution < 1.29 is 0 Å². The van der Waals surface area contributed by atoms with Crippen LogP contribution in [0.2, 0.25) is 0 Å². The number of hydrogen-bond donors (Lipinski definition) is 0. The number of allylic oxidation sites excluding steroid dienone is 1. The molecule has 1 atom stereocenters. The smallest absolute Gasteiger partial charge is 0.134 e. The van der Waals surface area contributed by atoms with Crippen LogP contribution in [0, 0.1) is 17.2 Å². The van der Waals surface area contributed by atoms with E-state index >= 15 is 0 Å². The largest absolute Gasteiger partial charge is 0.240 e. The van der Waals surface area contributed by atoms with Gasteiger partial charge in [-0.1, -0.05) is 37.3 Å². The maximum absolute atomic E-state index is 9.40. The van der Waals surface area contributed by atoms with Crippen LogP contribution in [0.4, 0.5) is 0 Å². The van der Waals surface area contributed by atoms with E-state index in [9.17, 15) is 5.26 Å². The van der Waals surface area contributed by atoms with Crippen LogP contribution in [0.5, 0.6) is 0 Å². The molecule has 1 aliphatic carbocycles. The van der Waals surface area contributed by atoms with Crippen LogP contribution in [-0.2, 0) is 12.8 Å². The molecule has 0 bridgehead atoms. The van der Waals surface area contributed by atoms with Crippen LogP contribution in [-0.4, -0.2) is 4.98 Å². The fourth-order valence-corrected chi connectivity index (χ4v) is 3.75. The maximum Gasteiger partial charge on any atom is 0.134 e. The van der Waals surface area contributed by atoms with Gasteiger partial charge in [0.05, 0.1) is 11.3 Å². The summed E-state index contributed by atoms with van der Waals surface area (Å²) in [4.78, 5) is 6.05. The Morgan fingerprint density at radius 2 is 2.20 bits per heavy atom. The van der Waals surface area contributed by atoms with E-state index in [2.05, 4.69) is 18.0 Å². The zero-order chi connectivity index (χ0) is 13.9. The molecule has 20 heavy (non-hydrogen) atoms. The molecular formula is C17H16N2S. The molecule has 0 N–H and O–H groups in total. The molecule has 3 heteroatoms. The van der Waals surface area contributed by atoms with E-state index in [0.717, 1.165) is 29.3 Å². The van der Waals surface area contributed by atoms with Crippen molar-refractivity contribution in [3.8, 4) is 6.07 Å². The first-order valence-electron chi connectivity index (χ1n) is 6.92. The number of nitrogens with zero attached hydrogens (tertiary/aromatic N) is 2. The summed E-state index contributed by atoms with van der Waals surface area (Å²) in [5.74, 6) is 0.736. The predicted octanol–water partition coefficient (Wildman–Crippen LogP) is 4.33. The first kappa shape index (κ1) is 13.1. The van der Waals surface area contributed by atoms with Crippen molar-refractivity contribution in [2.75, 3.05) is 0 Å². The van der Waals surface area contributed by atoms with Crippen molar-refractivity contribution in [2.24, 2.45) is 5.92 Å². The van der Waals surface area contributed by atoms with Gasteiger partial charge in [0, 0.05) is 4.88 Å². The van der Waals surface area contributed by atoms with E-state index in [4.69, 9.17) is 0 Å². The first-order chi connectivity index (χ1) is 9.76.